The summed E-state index contributed by atoms with van der Waals surface area (Å²) in [5.41, 5.74) is 9.87. The van der Waals surface area contributed by atoms with Crippen LogP contribution in [0.4, 0.5) is 0 Å². The fraction of sp³-hybridized carbons (Fsp3) is 0.114. The van der Waals surface area contributed by atoms with E-state index < -0.39 is 0 Å². The van der Waals surface area contributed by atoms with Gasteiger partial charge in [0.25, 0.3) is 0 Å². The van der Waals surface area contributed by atoms with E-state index in [4.69, 9.17) is 4.99 Å². The molecule has 0 N–H and O–H groups in total. The molecule has 2 aliphatic rings. The topological polar surface area (TPSA) is 12.4 Å². The van der Waals surface area contributed by atoms with E-state index in [-0.39, 0.29) is 0 Å². The minimum atomic E-state index is 0.834. The number of thiophene rings is 1. The van der Waals surface area contributed by atoms with E-state index in [1.165, 1.54) is 58.8 Å². The lowest BCUT2D eigenvalue weighted by Gasteiger charge is -2.25. The summed E-state index contributed by atoms with van der Waals surface area (Å²) in [5, 5.41) is 5.25. The van der Waals surface area contributed by atoms with E-state index in [1.54, 1.807) is 0 Å². The molecule has 0 unspecified atom stereocenters. The molecule has 0 saturated carbocycles. The Morgan fingerprint density at radius 3 is 2.35 bits per heavy atom. The van der Waals surface area contributed by atoms with Crippen molar-refractivity contribution >= 4 is 60.1 Å². The van der Waals surface area contributed by atoms with Crippen molar-refractivity contribution in [2.75, 3.05) is 0 Å². The molecule has 0 spiro atoms. The fourth-order valence-corrected chi connectivity index (χ4v) is 7.30. The second-order valence-electron chi connectivity index (χ2n) is 9.87. The van der Waals surface area contributed by atoms with Gasteiger partial charge in [-0.2, -0.15) is 0 Å². The molecule has 1 aromatic heterocycles. The molecule has 7 rings (SSSR count). The summed E-state index contributed by atoms with van der Waals surface area (Å²) >= 11 is 1.82. The SMILES string of the molecule is C=CC(=NC(=C)C1=Cc2c(c3c(c4ccccc24)C=CCC3)CC1)c1cccc2c1sc1ccccc12. The Morgan fingerprint density at radius 1 is 0.784 bits per heavy atom. The molecule has 0 fully saturated rings. The lowest BCUT2D eigenvalue weighted by atomic mass is 9.79. The second kappa shape index (κ2) is 8.83. The lowest BCUT2D eigenvalue weighted by molar-refractivity contribution is 0.885. The summed E-state index contributed by atoms with van der Waals surface area (Å²) in [7, 11) is 0. The molecule has 0 saturated heterocycles. The number of allylic oxidation sites excluding steroid dienone is 3. The van der Waals surface area contributed by atoms with Crippen LogP contribution in [-0.2, 0) is 12.8 Å². The third-order valence-electron chi connectivity index (χ3n) is 7.83. The van der Waals surface area contributed by atoms with Crippen LogP contribution in [0.2, 0.25) is 0 Å². The van der Waals surface area contributed by atoms with Gasteiger partial charge in [0.05, 0.1) is 11.4 Å². The molecule has 2 aliphatic carbocycles. The van der Waals surface area contributed by atoms with Gasteiger partial charge >= 0.3 is 0 Å². The highest BCUT2D eigenvalue weighted by atomic mass is 32.1. The molecule has 5 aromatic rings. The molecule has 1 heterocycles. The summed E-state index contributed by atoms with van der Waals surface area (Å²) < 4.78 is 2.55. The van der Waals surface area contributed by atoms with Crippen molar-refractivity contribution in [2.24, 2.45) is 4.99 Å². The predicted molar refractivity (Wildman–Crippen MR) is 163 cm³/mol. The molecule has 37 heavy (non-hydrogen) atoms. The first-order valence-electron chi connectivity index (χ1n) is 13.0. The van der Waals surface area contributed by atoms with Gasteiger partial charge in [0.2, 0.25) is 0 Å². The summed E-state index contributed by atoms with van der Waals surface area (Å²) in [5.74, 6) is 0. The fourth-order valence-electron chi connectivity index (χ4n) is 6.07. The molecule has 0 atom stereocenters. The molecule has 0 aliphatic heterocycles. The summed E-state index contributed by atoms with van der Waals surface area (Å²) in [6.07, 6.45) is 13.1. The number of fused-ring (bicyclic) bond motifs is 9. The van der Waals surface area contributed by atoms with Gasteiger partial charge < -0.3 is 0 Å². The van der Waals surface area contributed by atoms with Crippen molar-refractivity contribution in [3.05, 3.63) is 131 Å². The van der Waals surface area contributed by atoms with Crippen LogP contribution in [0.25, 0.3) is 43.1 Å². The molecule has 0 amide bonds. The Bertz CT molecular complexity index is 1860. The second-order valence-corrected chi connectivity index (χ2v) is 10.9. The Balaban J connectivity index is 1.34. The maximum atomic E-state index is 5.08. The minimum absolute atomic E-state index is 0.834. The van der Waals surface area contributed by atoms with Crippen molar-refractivity contribution < 1.29 is 0 Å². The van der Waals surface area contributed by atoms with Gasteiger partial charge in [0.1, 0.15) is 0 Å². The summed E-state index contributed by atoms with van der Waals surface area (Å²) in [6, 6.07) is 23.9. The number of rotatable bonds is 4. The van der Waals surface area contributed by atoms with Gasteiger partial charge in [0, 0.05) is 25.7 Å². The highest BCUT2D eigenvalue weighted by Crippen LogP contribution is 2.41. The summed E-state index contributed by atoms with van der Waals surface area (Å²) in [4.78, 5) is 5.08. The quantitative estimate of drug-likeness (QED) is 0.221. The van der Waals surface area contributed by atoms with Crippen LogP contribution in [-0.4, -0.2) is 5.71 Å². The van der Waals surface area contributed by atoms with E-state index in [0.717, 1.165) is 42.7 Å². The molecule has 0 radical (unpaired) electrons. The molecule has 178 valence electrons. The van der Waals surface area contributed by atoms with Crippen LogP contribution in [0.1, 0.15) is 40.7 Å². The molecule has 4 aromatic carbocycles. The van der Waals surface area contributed by atoms with E-state index in [0.29, 0.717) is 0 Å². The lowest BCUT2D eigenvalue weighted by Crippen LogP contribution is -2.09. The highest BCUT2D eigenvalue weighted by Gasteiger charge is 2.22. The van der Waals surface area contributed by atoms with Crippen LogP contribution in [0.15, 0.2) is 108 Å². The Labute approximate surface area is 221 Å². The van der Waals surface area contributed by atoms with Crippen LogP contribution < -0.4 is 0 Å². The normalized spacial score (nSPS) is 15.0. The van der Waals surface area contributed by atoms with Gasteiger partial charge in [-0.1, -0.05) is 86.0 Å². The molecular weight excluding hydrogens is 466 g/mol. The number of aliphatic imine (C=N–C) groups is 1. The average molecular weight is 494 g/mol. The van der Waals surface area contributed by atoms with Crippen molar-refractivity contribution in [1.29, 1.82) is 0 Å². The van der Waals surface area contributed by atoms with Gasteiger partial charge in [-0.15, -0.1) is 11.3 Å². The third kappa shape index (κ3) is 3.55. The smallest absolute Gasteiger partial charge is 0.0717 e. The Hall–Kier alpha value is -4.01. The zero-order chi connectivity index (χ0) is 24.9. The zero-order valence-electron chi connectivity index (χ0n) is 20.8. The highest BCUT2D eigenvalue weighted by molar-refractivity contribution is 7.26. The maximum absolute atomic E-state index is 5.08. The standard InChI is InChI=1S/C35H27NS/c1-3-33(31-17-10-16-30-29-15-8-9-18-34(29)37-35(30)31)36-22(2)23-19-20-28-26-13-5-4-11-24(26)25-12-6-7-14-27(25)32(28)21-23/h3-4,6-12,14-18,21H,1-2,5,13,19-20H2. The van der Waals surface area contributed by atoms with Crippen LogP contribution in [0.5, 0.6) is 0 Å². The van der Waals surface area contributed by atoms with E-state index >= 15 is 0 Å². The number of benzene rings is 4. The van der Waals surface area contributed by atoms with Crippen LogP contribution in [0, 0.1) is 0 Å². The number of hydrogen-bond acceptors (Lipinski definition) is 2. The van der Waals surface area contributed by atoms with E-state index in [1.807, 2.05) is 17.4 Å². The molecule has 2 heteroatoms. The van der Waals surface area contributed by atoms with Gasteiger partial charge in [-0.25, -0.2) is 4.99 Å². The molecule has 1 nitrogen and oxygen atoms in total. The Kier molecular flexibility index (Phi) is 5.30. The van der Waals surface area contributed by atoms with Gasteiger partial charge in [-0.3, -0.25) is 0 Å². The maximum Gasteiger partial charge on any atom is 0.0717 e. The monoisotopic (exact) mass is 493 g/mol. The zero-order valence-corrected chi connectivity index (χ0v) is 21.6. The van der Waals surface area contributed by atoms with E-state index in [2.05, 4.69) is 98.1 Å². The average Bonchev–Trinajstić information content (AvgIpc) is 3.35. The van der Waals surface area contributed by atoms with Crippen molar-refractivity contribution in [3.8, 4) is 0 Å². The largest absolute Gasteiger partial charge is 0.249 e. The van der Waals surface area contributed by atoms with Crippen molar-refractivity contribution in [2.45, 2.75) is 25.7 Å². The first kappa shape index (κ1) is 22.2. The van der Waals surface area contributed by atoms with E-state index in [9.17, 15) is 0 Å². The van der Waals surface area contributed by atoms with Gasteiger partial charge in [0.15, 0.2) is 0 Å². The van der Waals surface area contributed by atoms with Crippen molar-refractivity contribution in [3.63, 3.8) is 0 Å². The molecular formula is C35H27NS. The first-order valence-corrected chi connectivity index (χ1v) is 13.8. The van der Waals surface area contributed by atoms with Crippen molar-refractivity contribution in [1.82, 2.24) is 0 Å². The first-order chi connectivity index (χ1) is 18.2. The number of hydrogen-bond donors (Lipinski definition) is 0. The Morgan fingerprint density at radius 2 is 1.51 bits per heavy atom. The molecule has 0 bridgehead atoms. The van der Waals surface area contributed by atoms with Crippen LogP contribution >= 0.6 is 11.3 Å². The minimum Gasteiger partial charge on any atom is -0.249 e. The van der Waals surface area contributed by atoms with Crippen LogP contribution in [0.3, 0.4) is 0 Å². The van der Waals surface area contributed by atoms with Gasteiger partial charge in [-0.05, 0) is 82.5 Å². The predicted octanol–water partition coefficient (Wildman–Crippen LogP) is 9.69. The third-order valence-corrected chi connectivity index (χ3v) is 9.05. The number of nitrogens with zero attached hydrogens (tertiary/aromatic N) is 1. The summed E-state index contributed by atoms with van der Waals surface area (Å²) in [6.45, 7) is 8.57.